The van der Waals surface area contributed by atoms with Gasteiger partial charge in [0, 0.05) is 18.7 Å². The lowest BCUT2D eigenvalue weighted by Crippen LogP contribution is -2.27. The molecule has 0 amide bonds. The van der Waals surface area contributed by atoms with Crippen LogP contribution in [0.1, 0.15) is 11.1 Å². The van der Waals surface area contributed by atoms with Crippen LogP contribution in [0.4, 0.5) is 5.69 Å². The van der Waals surface area contributed by atoms with Gasteiger partial charge < -0.3 is 4.90 Å². The molecule has 27 heavy (non-hydrogen) atoms. The Morgan fingerprint density at radius 3 is 2.44 bits per heavy atom. The Balaban J connectivity index is 1.74. The zero-order chi connectivity index (χ0) is 18.9. The Morgan fingerprint density at radius 2 is 1.63 bits per heavy atom. The molecule has 0 unspecified atom stereocenters. The van der Waals surface area contributed by atoms with Gasteiger partial charge in [0.15, 0.2) is 0 Å². The van der Waals surface area contributed by atoms with E-state index in [0.29, 0.717) is 16.1 Å². The molecule has 1 aliphatic rings. The topological polar surface area (TPSA) is 49.4 Å². The maximum Gasteiger partial charge on any atom is 0.262 e. The average molecular weight is 378 g/mol. The molecule has 0 atom stereocenters. The summed E-state index contributed by atoms with van der Waals surface area (Å²) in [6.45, 7) is 1.76. The van der Waals surface area contributed by atoms with Crippen LogP contribution in [0.3, 0.4) is 0 Å². The fraction of sp³-hybridized carbons (Fsp3) is 0.182. The van der Waals surface area contributed by atoms with E-state index in [1.807, 2.05) is 54.6 Å². The number of nitrogens with zero attached hydrogens (tertiary/aromatic N) is 1. The molecule has 0 spiro atoms. The first-order chi connectivity index (χ1) is 13.0. The lowest BCUT2D eigenvalue weighted by Gasteiger charge is -2.27. The molecule has 0 bridgehead atoms. The van der Waals surface area contributed by atoms with Gasteiger partial charge in [-0.1, -0.05) is 60.7 Å². The van der Waals surface area contributed by atoms with Crippen molar-refractivity contribution >= 4 is 15.7 Å². The fourth-order valence-corrected chi connectivity index (χ4v) is 4.93. The van der Waals surface area contributed by atoms with Gasteiger partial charge in [-0.05, 0) is 42.3 Å². The predicted octanol–water partition coefficient (Wildman–Crippen LogP) is 4.14. The normalized spacial score (nSPS) is 14.6. The number of nitrogens with one attached hydrogen (secondary N) is 1. The molecule has 4 nitrogen and oxygen atoms in total. The van der Waals surface area contributed by atoms with Gasteiger partial charge in [0.2, 0.25) is 0 Å². The van der Waals surface area contributed by atoms with Crippen molar-refractivity contribution in [2.24, 2.45) is 0 Å². The molecular formula is C22H22N2O2S. The molecule has 1 N–H and O–H groups in total. The van der Waals surface area contributed by atoms with E-state index in [-0.39, 0.29) is 0 Å². The highest BCUT2D eigenvalue weighted by Gasteiger charge is 2.22. The highest BCUT2D eigenvalue weighted by Crippen LogP contribution is 2.31. The summed E-state index contributed by atoms with van der Waals surface area (Å²) < 4.78 is 29.3. The Hall–Kier alpha value is -2.63. The summed E-state index contributed by atoms with van der Waals surface area (Å²) in [6, 6.07) is 22.6. The summed E-state index contributed by atoms with van der Waals surface area (Å²) in [7, 11) is -1.62. The number of likely N-dealkylation sites (N-methyl/N-ethyl adjacent to an activating group) is 1. The van der Waals surface area contributed by atoms with Crippen LogP contribution in [0.2, 0.25) is 0 Å². The molecular weight excluding hydrogens is 356 g/mol. The Bertz CT molecular complexity index is 1060. The van der Waals surface area contributed by atoms with Crippen molar-refractivity contribution in [2.45, 2.75) is 17.9 Å². The third-order valence-corrected chi connectivity index (χ3v) is 6.39. The lowest BCUT2D eigenvalue weighted by molar-refractivity contribution is 0.313. The van der Waals surface area contributed by atoms with E-state index in [4.69, 9.17) is 0 Å². The maximum absolute atomic E-state index is 13.2. The second kappa shape index (κ2) is 7.18. The lowest BCUT2D eigenvalue weighted by atomic mass is 9.98. The van der Waals surface area contributed by atoms with E-state index in [0.717, 1.165) is 30.6 Å². The SMILES string of the molecule is CN1CCc2c(cccc2NS(=O)(=O)c2ccccc2-c2ccccc2)C1. The number of sulfonamides is 1. The van der Waals surface area contributed by atoms with Gasteiger partial charge in [-0.25, -0.2) is 8.42 Å². The van der Waals surface area contributed by atoms with E-state index in [2.05, 4.69) is 22.7 Å². The molecule has 1 aliphatic heterocycles. The second-order valence-corrected chi connectivity index (χ2v) is 8.55. The van der Waals surface area contributed by atoms with Crippen molar-refractivity contribution in [1.29, 1.82) is 0 Å². The number of rotatable bonds is 4. The first-order valence-corrected chi connectivity index (χ1v) is 10.5. The molecule has 0 aliphatic carbocycles. The molecule has 0 saturated carbocycles. The molecule has 0 saturated heterocycles. The molecule has 0 radical (unpaired) electrons. The van der Waals surface area contributed by atoms with Crippen LogP contribution < -0.4 is 4.72 Å². The third-order valence-electron chi connectivity index (χ3n) is 4.96. The number of fused-ring (bicyclic) bond motifs is 1. The summed E-state index contributed by atoms with van der Waals surface area (Å²) in [4.78, 5) is 2.53. The fourth-order valence-electron chi connectivity index (χ4n) is 3.60. The molecule has 1 heterocycles. The first-order valence-electron chi connectivity index (χ1n) is 9.01. The van der Waals surface area contributed by atoms with E-state index in [9.17, 15) is 8.42 Å². The minimum atomic E-state index is -3.70. The molecule has 138 valence electrons. The summed E-state index contributed by atoms with van der Waals surface area (Å²) in [5, 5.41) is 0. The Kier molecular flexibility index (Phi) is 4.72. The molecule has 5 heteroatoms. The van der Waals surface area contributed by atoms with Gasteiger partial charge >= 0.3 is 0 Å². The zero-order valence-corrected chi connectivity index (χ0v) is 16.0. The summed E-state index contributed by atoms with van der Waals surface area (Å²) in [6.07, 6.45) is 0.838. The number of hydrogen-bond acceptors (Lipinski definition) is 3. The first kappa shape index (κ1) is 17.8. The van der Waals surface area contributed by atoms with E-state index < -0.39 is 10.0 Å². The van der Waals surface area contributed by atoms with Gasteiger partial charge in [0.05, 0.1) is 10.6 Å². The molecule has 0 aromatic heterocycles. The van der Waals surface area contributed by atoms with E-state index in [1.165, 1.54) is 5.56 Å². The van der Waals surface area contributed by atoms with Crippen LogP contribution in [0, 0.1) is 0 Å². The number of anilines is 1. The minimum absolute atomic E-state index is 0.293. The van der Waals surface area contributed by atoms with Crippen molar-refractivity contribution in [2.75, 3.05) is 18.3 Å². The van der Waals surface area contributed by atoms with E-state index in [1.54, 1.807) is 12.1 Å². The second-order valence-electron chi connectivity index (χ2n) is 6.90. The summed E-state index contributed by atoms with van der Waals surface area (Å²) in [5.74, 6) is 0. The van der Waals surface area contributed by atoms with Crippen LogP contribution in [-0.2, 0) is 23.0 Å². The van der Waals surface area contributed by atoms with Crippen molar-refractivity contribution in [3.63, 3.8) is 0 Å². The van der Waals surface area contributed by atoms with Gasteiger partial charge in [0.25, 0.3) is 10.0 Å². The summed E-state index contributed by atoms with van der Waals surface area (Å²) >= 11 is 0. The van der Waals surface area contributed by atoms with Crippen molar-refractivity contribution in [3.8, 4) is 11.1 Å². The maximum atomic E-state index is 13.2. The Morgan fingerprint density at radius 1 is 0.889 bits per heavy atom. The van der Waals surface area contributed by atoms with Crippen LogP contribution in [0.5, 0.6) is 0 Å². The highest BCUT2D eigenvalue weighted by molar-refractivity contribution is 7.92. The quantitative estimate of drug-likeness (QED) is 0.742. The molecule has 0 fully saturated rings. The van der Waals surface area contributed by atoms with Crippen LogP contribution >= 0.6 is 0 Å². The van der Waals surface area contributed by atoms with Crippen LogP contribution in [-0.4, -0.2) is 26.9 Å². The zero-order valence-electron chi connectivity index (χ0n) is 15.2. The smallest absolute Gasteiger partial charge is 0.262 e. The van der Waals surface area contributed by atoms with Gasteiger partial charge in [-0.2, -0.15) is 0 Å². The average Bonchev–Trinajstić information content (AvgIpc) is 2.68. The van der Waals surface area contributed by atoms with Gasteiger partial charge in [-0.3, -0.25) is 4.72 Å². The molecule has 3 aromatic rings. The highest BCUT2D eigenvalue weighted by atomic mass is 32.2. The number of hydrogen-bond donors (Lipinski definition) is 1. The van der Waals surface area contributed by atoms with Crippen molar-refractivity contribution < 1.29 is 8.42 Å². The molecule has 3 aromatic carbocycles. The van der Waals surface area contributed by atoms with Crippen LogP contribution in [0.15, 0.2) is 77.7 Å². The van der Waals surface area contributed by atoms with E-state index >= 15 is 0 Å². The largest absolute Gasteiger partial charge is 0.302 e. The number of benzene rings is 3. The minimum Gasteiger partial charge on any atom is -0.302 e. The summed E-state index contributed by atoms with van der Waals surface area (Å²) in [5.41, 5.74) is 4.55. The molecule has 4 rings (SSSR count). The van der Waals surface area contributed by atoms with Crippen LogP contribution in [0.25, 0.3) is 11.1 Å². The Labute approximate surface area is 160 Å². The standard InChI is InChI=1S/C22H22N2O2S/c1-24-15-14-19-18(16-24)10-7-12-21(19)23-27(25,26)22-13-6-5-11-20(22)17-8-3-2-4-9-17/h2-13,23H,14-16H2,1H3. The van der Waals surface area contributed by atoms with Crippen molar-refractivity contribution in [3.05, 3.63) is 83.9 Å². The monoisotopic (exact) mass is 378 g/mol. The van der Waals surface area contributed by atoms with Gasteiger partial charge in [-0.15, -0.1) is 0 Å². The van der Waals surface area contributed by atoms with Gasteiger partial charge in [0.1, 0.15) is 0 Å². The third kappa shape index (κ3) is 3.61. The van der Waals surface area contributed by atoms with Crippen molar-refractivity contribution in [1.82, 2.24) is 4.90 Å². The predicted molar refractivity (Wildman–Crippen MR) is 109 cm³/mol.